The smallest absolute Gasteiger partial charge is 0.195 e. The van der Waals surface area contributed by atoms with Crippen molar-refractivity contribution in [2.75, 3.05) is 0 Å². The van der Waals surface area contributed by atoms with Crippen LogP contribution in [0.2, 0.25) is 0 Å². The Kier molecular flexibility index (Phi) is 9.60. The van der Waals surface area contributed by atoms with Gasteiger partial charge >= 0.3 is 0 Å². The van der Waals surface area contributed by atoms with Gasteiger partial charge in [-0.2, -0.15) is 9.65 Å². The van der Waals surface area contributed by atoms with E-state index in [1.165, 1.54) is 75.5 Å². The maximum atomic E-state index is 12.7. The van der Waals surface area contributed by atoms with Crippen LogP contribution >= 0.6 is 0 Å². The molecule has 0 aromatic heterocycles. The molecule has 0 bridgehead atoms. The van der Waals surface area contributed by atoms with Crippen molar-refractivity contribution in [2.45, 2.75) is 83.5 Å². The molecule has 0 N–H and O–H groups in total. The quantitative estimate of drug-likeness (QED) is 0.235. The second kappa shape index (κ2) is 12.7. The topological polar surface area (TPSA) is 23.8 Å². The van der Waals surface area contributed by atoms with Crippen molar-refractivity contribution in [1.82, 2.24) is 0 Å². The minimum Gasteiger partial charge on any atom is -0.195 e. The molecule has 1 nitrogen and oxygen atoms in total. The van der Waals surface area contributed by atoms with Gasteiger partial charge in [-0.25, -0.2) is 0 Å². The molecule has 0 amide bonds. The van der Waals surface area contributed by atoms with Gasteiger partial charge in [0.15, 0.2) is 5.83 Å². The van der Waals surface area contributed by atoms with E-state index < -0.39 is 5.83 Å². The van der Waals surface area contributed by atoms with Crippen LogP contribution in [0.15, 0.2) is 60.5 Å². The predicted octanol–water partition coefficient (Wildman–Crippen LogP) is 8.60. The van der Waals surface area contributed by atoms with Gasteiger partial charge in [0.25, 0.3) is 0 Å². The molecule has 0 unspecified atom stereocenters. The molecule has 2 aliphatic carbocycles. The van der Waals surface area contributed by atoms with Crippen LogP contribution in [0.5, 0.6) is 0 Å². The van der Waals surface area contributed by atoms with Crippen molar-refractivity contribution >= 4 is 0 Å². The van der Waals surface area contributed by atoms with Gasteiger partial charge in [0.1, 0.15) is 6.07 Å². The number of hydrogen-bond acceptors (Lipinski definition) is 1. The van der Waals surface area contributed by atoms with Gasteiger partial charge in [-0.05, 0) is 112 Å². The number of allylic oxidation sites excluding steroid dienone is 6. The van der Waals surface area contributed by atoms with Gasteiger partial charge in [0.05, 0.1) is 0 Å². The average molecular weight is 420 g/mol. The zero-order chi connectivity index (χ0) is 21.9. The number of halogens is 1. The van der Waals surface area contributed by atoms with E-state index in [1.54, 1.807) is 11.6 Å². The zero-order valence-corrected chi connectivity index (χ0v) is 19.1. The van der Waals surface area contributed by atoms with Crippen molar-refractivity contribution in [3.05, 3.63) is 71.6 Å². The Hall–Kier alpha value is -2.14. The van der Waals surface area contributed by atoms with Crippen LogP contribution in [0.1, 0.15) is 88.2 Å². The van der Waals surface area contributed by atoms with Crippen LogP contribution in [-0.2, 0) is 6.42 Å². The maximum Gasteiger partial charge on any atom is 0.199 e. The van der Waals surface area contributed by atoms with Crippen molar-refractivity contribution in [1.29, 1.82) is 5.26 Å². The highest BCUT2D eigenvalue weighted by molar-refractivity contribution is 5.26. The fourth-order valence-corrected chi connectivity index (χ4v) is 5.27. The first-order chi connectivity index (χ1) is 15.2. The molecular weight excluding hydrogens is 381 g/mol. The van der Waals surface area contributed by atoms with Crippen LogP contribution in [0.4, 0.5) is 4.39 Å². The lowest BCUT2D eigenvalue weighted by molar-refractivity contribution is 0.295. The lowest BCUT2D eigenvalue weighted by Gasteiger charge is -2.29. The summed E-state index contributed by atoms with van der Waals surface area (Å²) in [6, 6.07) is 10.8. The number of benzene rings is 1. The summed E-state index contributed by atoms with van der Waals surface area (Å²) in [5.74, 6) is 2.37. The summed E-state index contributed by atoms with van der Waals surface area (Å²) in [4.78, 5) is 0. The third-order valence-corrected chi connectivity index (χ3v) is 7.41. The summed E-state index contributed by atoms with van der Waals surface area (Å²) in [7, 11) is 0. The van der Waals surface area contributed by atoms with E-state index in [4.69, 9.17) is 5.26 Å². The third kappa shape index (κ3) is 7.80. The normalized spacial score (nSPS) is 27.6. The summed E-state index contributed by atoms with van der Waals surface area (Å²) >= 11 is 0. The molecule has 0 spiro atoms. The number of nitriles is 1. The van der Waals surface area contributed by atoms with E-state index in [0.29, 0.717) is 0 Å². The first kappa shape index (κ1) is 23.5. The van der Waals surface area contributed by atoms with E-state index in [2.05, 4.69) is 43.3 Å². The molecule has 2 fully saturated rings. The molecule has 0 saturated heterocycles. The van der Waals surface area contributed by atoms with E-state index in [9.17, 15) is 4.39 Å². The van der Waals surface area contributed by atoms with Gasteiger partial charge in [0.2, 0.25) is 0 Å². The van der Waals surface area contributed by atoms with Crippen LogP contribution in [-0.4, -0.2) is 0 Å². The van der Waals surface area contributed by atoms with E-state index in [-0.39, 0.29) is 0 Å². The van der Waals surface area contributed by atoms with E-state index >= 15 is 0 Å². The Morgan fingerprint density at radius 1 is 0.968 bits per heavy atom. The Morgan fingerprint density at radius 3 is 2.16 bits per heavy atom. The Morgan fingerprint density at radius 2 is 1.58 bits per heavy atom. The van der Waals surface area contributed by atoms with E-state index in [1.807, 2.05) is 6.08 Å². The predicted molar refractivity (Wildman–Crippen MR) is 128 cm³/mol. The van der Waals surface area contributed by atoms with Gasteiger partial charge in [0, 0.05) is 0 Å². The van der Waals surface area contributed by atoms with Gasteiger partial charge in [-0.3, -0.25) is 0 Å². The highest BCUT2D eigenvalue weighted by atomic mass is 19.1. The lowest BCUT2D eigenvalue weighted by atomic mass is 9.77. The molecule has 1 aromatic rings. The molecular formula is C29H38FN. The van der Waals surface area contributed by atoms with Crippen LogP contribution < -0.4 is 0 Å². The minimum atomic E-state index is -0.720. The number of rotatable bonds is 8. The molecule has 2 saturated carbocycles. The van der Waals surface area contributed by atoms with Crippen molar-refractivity contribution < 1.29 is 4.39 Å². The first-order valence-corrected chi connectivity index (χ1v) is 12.4. The third-order valence-electron chi connectivity index (χ3n) is 7.41. The Bertz CT molecular complexity index is 779. The fourth-order valence-electron chi connectivity index (χ4n) is 5.27. The molecule has 0 heterocycles. The SMILES string of the molecule is CCc1ccc(C2CCC(/C=C/C3CCC(CCC=CC=C(F)C#N)CC3)CC2)cc1. The minimum absolute atomic E-state index is 0.720. The molecule has 31 heavy (non-hydrogen) atoms. The monoisotopic (exact) mass is 419 g/mol. The maximum absolute atomic E-state index is 12.7. The van der Waals surface area contributed by atoms with Gasteiger partial charge in [-0.15, -0.1) is 0 Å². The Balaban J connectivity index is 1.33. The number of nitrogens with zero attached hydrogens (tertiary/aromatic N) is 1. The molecule has 0 aliphatic heterocycles. The van der Waals surface area contributed by atoms with E-state index in [0.717, 1.165) is 36.5 Å². The molecule has 166 valence electrons. The molecule has 2 heteroatoms. The largest absolute Gasteiger partial charge is 0.199 e. The van der Waals surface area contributed by atoms with Gasteiger partial charge < -0.3 is 0 Å². The molecule has 3 rings (SSSR count). The first-order valence-electron chi connectivity index (χ1n) is 12.4. The molecule has 0 atom stereocenters. The molecule has 2 aliphatic rings. The molecule has 0 radical (unpaired) electrons. The highest BCUT2D eigenvalue weighted by Gasteiger charge is 2.22. The van der Waals surface area contributed by atoms with Crippen LogP contribution in [0.25, 0.3) is 0 Å². The number of aryl methyl sites for hydroxylation is 1. The summed E-state index contributed by atoms with van der Waals surface area (Å²) < 4.78 is 12.7. The summed E-state index contributed by atoms with van der Waals surface area (Å²) in [6.07, 6.45) is 23.8. The lowest BCUT2D eigenvalue weighted by Crippen LogP contribution is -2.14. The van der Waals surface area contributed by atoms with Crippen molar-refractivity contribution in [3.63, 3.8) is 0 Å². The highest BCUT2D eigenvalue weighted by Crippen LogP contribution is 2.37. The van der Waals surface area contributed by atoms with Crippen LogP contribution in [0, 0.1) is 29.1 Å². The van der Waals surface area contributed by atoms with Crippen molar-refractivity contribution in [3.8, 4) is 6.07 Å². The standard InChI is InChI=1S/C29H38FN/c1-2-23-14-18-27(19-15-23)28-20-16-26(17-21-28)13-12-25-10-8-24(9-11-25)6-4-3-5-7-29(30)22-31/h3,5,7,12-15,18-19,24-26,28H,2,4,6,8-11,16-17,20-21H2,1H3/b5-3?,13-12+,29-7?. The summed E-state index contributed by atoms with van der Waals surface area (Å²) in [6.45, 7) is 2.22. The average Bonchev–Trinajstić information content (AvgIpc) is 2.83. The van der Waals surface area contributed by atoms with Crippen molar-refractivity contribution in [2.24, 2.45) is 17.8 Å². The summed E-state index contributed by atoms with van der Waals surface area (Å²) in [5, 5.41) is 8.39. The zero-order valence-electron chi connectivity index (χ0n) is 19.1. The fraction of sp³-hybridized carbons (Fsp3) is 0.552. The number of hydrogen-bond donors (Lipinski definition) is 0. The molecule has 1 aromatic carbocycles. The second-order valence-electron chi connectivity index (χ2n) is 9.50. The van der Waals surface area contributed by atoms with Crippen LogP contribution in [0.3, 0.4) is 0 Å². The Labute approximate surface area is 188 Å². The van der Waals surface area contributed by atoms with Gasteiger partial charge in [-0.1, -0.05) is 55.5 Å². The summed E-state index contributed by atoms with van der Waals surface area (Å²) in [5.41, 5.74) is 2.98. The second-order valence-corrected chi connectivity index (χ2v) is 9.50.